The number of rotatable bonds is 5. The van der Waals surface area contributed by atoms with E-state index in [1.54, 1.807) is 36.4 Å². The number of hydrogen-bond donors (Lipinski definition) is 4. The van der Waals surface area contributed by atoms with Crippen molar-refractivity contribution in [2.45, 2.75) is 20.8 Å². The van der Waals surface area contributed by atoms with Crippen LogP contribution in [0.4, 0.5) is 11.4 Å². The minimum absolute atomic E-state index is 0.140. The molecule has 0 atom stereocenters. The summed E-state index contributed by atoms with van der Waals surface area (Å²) in [5.41, 5.74) is 3.11. The highest BCUT2D eigenvalue weighted by Gasteiger charge is 2.09. The molecule has 7 nitrogen and oxygen atoms in total. The van der Waals surface area contributed by atoms with Crippen molar-refractivity contribution in [2.24, 2.45) is 0 Å². The zero-order valence-corrected chi connectivity index (χ0v) is 19.0. The number of nitrogens with one attached hydrogen (secondary N) is 4. The monoisotopic (exact) mass is 464 g/mol. The van der Waals surface area contributed by atoms with Gasteiger partial charge in [-0.2, -0.15) is 0 Å². The zero-order chi connectivity index (χ0) is 22.3. The summed E-state index contributed by atoms with van der Waals surface area (Å²) < 4.78 is 5.51. The van der Waals surface area contributed by atoms with Gasteiger partial charge in [-0.15, -0.1) is 0 Å². The number of amides is 2. The maximum absolute atomic E-state index is 12.1. The number of halogens is 1. The van der Waals surface area contributed by atoms with Crippen LogP contribution in [0.25, 0.3) is 0 Å². The molecular weight excluding hydrogens is 444 g/mol. The molecule has 4 N–H and O–H groups in total. The molecule has 0 heterocycles. The summed E-state index contributed by atoms with van der Waals surface area (Å²) >= 11 is 16.3. The highest BCUT2D eigenvalue weighted by molar-refractivity contribution is 7.80. The number of hydrogen-bond acceptors (Lipinski definition) is 5. The van der Waals surface area contributed by atoms with Crippen LogP contribution in [0.3, 0.4) is 0 Å². The molecule has 0 unspecified atom stereocenters. The van der Waals surface area contributed by atoms with Crippen LogP contribution in [0.1, 0.15) is 18.1 Å². The van der Waals surface area contributed by atoms with Crippen LogP contribution in [-0.2, 0) is 9.59 Å². The molecule has 2 aromatic carbocycles. The first-order valence-electron chi connectivity index (χ1n) is 8.83. The number of aryl methyl sites for hydroxylation is 2. The molecule has 0 aliphatic rings. The molecule has 0 fully saturated rings. The Kier molecular flexibility index (Phi) is 8.52. The lowest BCUT2D eigenvalue weighted by molar-refractivity contribution is -0.121. The Morgan fingerprint density at radius 3 is 1.87 bits per heavy atom. The normalized spacial score (nSPS) is 10.0. The first-order chi connectivity index (χ1) is 14.1. The Morgan fingerprint density at radius 1 is 0.933 bits per heavy atom. The van der Waals surface area contributed by atoms with E-state index in [0.29, 0.717) is 22.1 Å². The standard InChI is InChI=1S/C20H21ClN4O3S2/c1-11-8-16(9-12(2)18(11)21)28-10-17(27)25-20(30)24-15-6-4-14(5-7-15)23-19(29)22-13(3)26/h4-9H,10H2,1-3H3,(H2,22,23,26,29)(H2,24,25,27,30). The summed E-state index contributed by atoms with van der Waals surface area (Å²) in [5.74, 6) is -0.0856. The third kappa shape index (κ3) is 7.58. The summed E-state index contributed by atoms with van der Waals surface area (Å²) in [6.07, 6.45) is 0. The molecule has 0 saturated heterocycles. The third-order valence-electron chi connectivity index (χ3n) is 3.72. The molecule has 0 bridgehead atoms. The Balaban J connectivity index is 1.81. The molecular formula is C20H21ClN4O3S2. The lowest BCUT2D eigenvalue weighted by Gasteiger charge is -2.12. The van der Waals surface area contributed by atoms with Gasteiger partial charge in [-0.3, -0.25) is 14.9 Å². The molecule has 0 spiro atoms. The van der Waals surface area contributed by atoms with Crippen LogP contribution in [0, 0.1) is 13.8 Å². The lowest BCUT2D eigenvalue weighted by Crippen LogP contribution is -2.37. The summed E-state index contributed by atoms with van der Waals surface area (Å²) in [4.78, 5) is 23.0. The van der Waals surface area contributed by atoms with E-state index in [4.69, 9.17) is 40.8 Å². The van der Waals surface area contributed by atoms with Gasteiger partial charge < -0.3 is 20.7 Å². The predicted molar refractivity (Wildman–Crippen MR) is 127 cm³/mol. The number of carbonyl (C=O) groups is 2. The third-order valence-corrected chi connectivity index (χ3v) is 4.73. The van der Waals surface area contributed by atoms with Gasteiger partial charge >= 0.3 is 0 Å². The molecule has 158 valence electrons. The van der Waals surface area contributed by atoms with Gasteiger partial charge in [0.2, 0.25) is 5.91 Å². The maximum Gasteiger partial charge on any atom is 0.264 e. The molecule has 0 aliphatic heterocycles. The van der Waals surface area contributed by atoms with Crippen LogP contribution in [0.2, 0.25) is 5.02 Å². The maximum atomic E-state index is 12.1. The zero-order valence-electron chi connectivity index (χ0n) is 16.6. The molecule has 0 radical (unpaired) electrons. The van der Waals surface area contributed by atoms with E-state index in [9.17, 15) is 9.59 Å². The van der Waals surface area contributed by atoms with Gasteiger partial charge in [0.15, 0.2) is 16.8 Å². The van der Waals surface area contributed by atoms with Crippen LogP contribution >= 0.6 is 36.0 Å². The number of benzene rings is 2. The largest absolute Gasteiger partial charge is 0.484 e. The number of ether oxygens (including phenoxy) is 1. The molecule has 0 aromatic heterocycles. The van der Waals surface area contributed by atoms with Gasteiger partial charge in [-0.1, -0.05) is 11.6 Å². The van der Waals surface area contributed by atoms with Crippen LogP contribution in [0.15, 0.2) is 36.4 Å². The summed E-state index contributed by atoms with van der Waals surface area (Å²) in [6, 6.07) is 10.5. The minimum atomic E-state index is -0.392. The van der Waals surface area contributed by atoms with Gasteiger partial charge in [0.05, 0.1) is 0 Å². The average molecular weight is 465 g/mol. The molecule has 2 amide bonds. The van der Waals surface area contributed by atoms with E-state index in [1.165, 1.54) is 6.92 Å². The van der Waals surface area contributed by atoms with Crippen molar-refractivity contribution in [3.8, 4) is 5.75 Å². The van der Waals surface area contributed by atoms with Crippen molar-refractivity contribution in [3.63, 3.8) is 0 Å². The summed E-state index contributed by atoms with van der Waals surface area (Å²) in [7, 11) is 0. The fourth-order valence-electron chi connectivity index (χ4n) is 2.42. The van der Waals surface area contributed by atoms with Crippen LogP contribution in [-0.4, -0.2) is 28.6 Å². The molecule has 2 aromatic rings. The van der Waals surface area contributed by atoms with E-state index >= 15 is 0 Å². The Morgan fingerprint density at radius 2 is 1.40 bits per heavy atom. The molecule has 0 aliphatic carbocycles. The minimum Gasteiger partial charge on any atom is -0.484 e. The SMILES string of the molecule is CC(=O)NC(=S)Nc1ccc(NC(=S)NC(=O)COc2cc(C)c(Cl)c(C)c2)cc1. The second-order valence-electron chi connectivity index (χ2n) is 6.37. The summed E-state index contributed by atoms with van der Waals surface area (Å²) in [5, 5.41) is 11.8. The highest BCUT2D eigenvalue weighted by atomic mass is 35.5. The quantitative estimate of drug-likeness (QED) is 0.502. The first-order valence-corrected chi connectivity index (χ1v) is 10.0. The number of thiocarbonyl (C=S) groups is 2. The second-order valence-corrected chi connectivity index (χ2v) is 7.57. The number of carbonyl (C=O) groups excluding carboxylic acids is 2. The Bertz CT molecular complexity index is 958. The Labute approximate surface area is 190 Å². The smallest absolute Gasteiger partial charge is 0.264 e. The van der Waals surface area contributed by atoms with Gasteiger partial charge in [0, 0.05) is 23.3 Å². The molecule has 30 heavy (non-hydrogen) atoms. The van der Waals surface area contributed by atoms with Crippen LogP contribution < -0.4 is 26.0 Å². The van der Waals surface area contributed by atoms with Crippen molar-refractivity contribution >= 4 is 69.5 Å². The van der Waals surface area contributed by atoms with Crippen molar-refractivity contribution in [1.82, 2.24) is 10.6 Å². The van der Waals surface area contributed by atoms with Crippen molar-refractivity contribution in [3.05, 3.63) is 52.5 Å². The van der Waals surface area contributed by atoms with Gasteiger partial charge in [0.25, 0.3) is 5.91 Å². The molecule has 10 heteroatoms. The van der Waals surface area contributed by atoms with Crippen molar-refractivity contribution in [2.75, 3.05) is 17.2 Å². The lowest BCUT2D eigenvalue weighted by atomic mass is 10.1. The van der Waals surface area contributed by atoms with Gasteiger partial charge in [-0.25, -0.2) is 0 Å². The summed E-state index contributed by atoms with van der Waals surface area (Å²) in [6.45, 7) is 4.93. The average Bonchev–Trinajstić information content (AvgIpc) is 2.65. The van der Waals surface area contributed by atoms with Crippen molar-refractivity contribution < 1.29 is 14.3 Å². The fourth-order valence-corrected chi connectivity index (χ4v) is 3.02. The molecule has 0 saturated carbocycles. The van der Waals surface area contributed by atoms with E-state index in [-0.39, 0.29) is 22.7 Å². The van der Waals surface area contributed by atoms with E-state index < -0.39 is 5.91 Å². The number of anilines is 2. The topological polar surface area (TPSA) is 91.5 Å². The first kappa shape index (κ1) is 23.5. The highest BCUT2D eigenvalue weighted by Crippen LogP contribution is 2.25. The molecule has 2 rings (SSSR count). The van der Waals surface area contributed by atoms with Crippen LogP contribution in [0.5, 0.6) is 5.75 Å². The van der Waals surface area contributed by atoms with E-state index in [0.717, 1.165) is 11.1 Å². The fraction of sp³-hybridized carbons (Fsp3) is 0.200. The van der Waals surface area contributed by atoms with Gasteiger partial charge in [-0.05, 0) is 85.8 Å². The Hall–Kier alpha value is -2.75. The van der Waals surface area contributed by atoms with Gasteiger partial charge in [0.1, 0.15) is 5.75 Å². The second kappa shape index (κ2) is 10.9. The predicted octanol–water partition coefficient (Wildman–Crippen LogP) is 3.68. The van der Waals surface area contributed by atoms with E-state index in [2.05, 4.69) is 21.3 Å². The van der Waals surface area contributed by atoms with E-state index in [1.807, 2.05) is 13.8 Å². The van der Waals surface area contributed by atoms with Crippen molar-refractivity contribution in [1.29, 1.82) is 0 Å².